The van der Waals surface area contributed by atoms with E-state index < -0.39 is 0 Å². The number of benzene rings is 2. The van der Waals surface area contributed by atoms with Crippen LogP contribution in [0.25, 0.3) is 5.57 Å². The maximum atomic E-state index is 5.83. The van der Waals surface area contributed by atoms with Gasteiger partial charge in [-0.1, -0.05) is 44.2 Å². The highest BCUT2D eigenvalue weighted by Crippen LogP contribution is 2.26. The molecule has 3 heteroatoms. The predicted molar refractivity (Wildman–Crippen MR) is 104 cm³/mol. The Morgan fingerprint density at radius 1 is 1.12 bits per heavy atom. The van der Waals surface area contributed by atoms with Crippen LogP contribution in [0.5, 0.6) is 5.75 Å². The Bertz CT molecular complexity index is 691. The van der Waals surface area contributed by atoms with Crippen LogP contribution in [0.2, 0.25) is 0 Å². The number of ether oxygens (including phenoxy) is 2. The summed E-state index contributed by atoms with van der Waals surface area (Å²) in [5.41, 5.74) is 4.36. The van der Waals surface area contributed by atoms with Crippen molar-refractivity contribution in [3.05, 3.63) is 66.2 Å². The minimum Gasteiger partial charge on any atom is -0.497 e. The van der Waals surface area contributed by atoms with Crippen molar-refractivity contribution in [1.29, 1.82) is 0 Å². The SMILES string of the molecule is C=C(c1ccc(NCC2CC(CC)CO2)cc1)c1ccc(OC)cc1. The van der Waals surface area contributed by atoms with Gasteiger partial charge in [0.05, 0.1) is 13.2 Å². The second kappa shape index (κ2) is 8.21. The topological polar surface area (TPSA) is 30.5 Å². The Morgan fingerprint density at radius 3 is 2.32 bits per heavy atom. The maximum Gasteiger partial charge on any atom is 0.118 e. The molecule has 2 atom stereocenters. The lowest BCUT2D eigenvalue weighted by atomic mass is 9.99. The number of nitrogens with one attached hydrogen (secondary N) is 1. The molecule has 1 saturated heterocycles. The molecule has 1 N–H and O–H groups in total. The van der Waals surface area contributed by atoms with Crippen LogP contribution in [0.1, 0.15) is 30.9 Å². The zero-order valence-corrected chi connectivity index (χ0v) is 15.1. The van der Waals surface area contributed by atoms with E-state index in [-0.39, 0.29) is 0 Å². The Hall–Kier alpha value is -2.26. The highest BCUT2D eigenvalue weighted by molar-refractivity contribution is 5.78. The molecule has 0 amide bonds. The molecule has 25 heavy (non-hydrogen) atoms. The standard InChI is InChI=1S/C22H27NO2/c1-4-17-13-22(25-15-17)14-23-20-9-5-18(6-10-20)16(2)19-7-11-21(24-3)12-8-19/h5-12,17,22-23H,2,4,13-15H2,1,3H3. The van der Waals surface area contributed by atoms with Crippen molar-refractivity contribution in [2.75, 3.05) is 25.6 Å². The van der Waals surface area contributed by atoms with E-state index in [1.807, 2.05) is 24.3 Å². The first-order valence-corrected chi connectivity index (χ1v) is 8.98. The van der Waals surface area contributed by atoms with Crippen molar-refractivity contribution in [1.82, 2.24) is 0 Å². The average Bonchev–Trinajstić information content (AvgIpc) is 3.14. The summed E-state index contributed by atoms with van der Waals surface area (Å²) in [5, 5.41) is 3.48. The van der Waals surface area contributed by atoms with Crippen molar-refractivity contribution >= 4 is 11.3 Å². The fourth-order valence-corrected chi connectivity index (χ4v) is 3.19. The van der Waals surface area contributed by atoms with Crippen molar-refractivity contribution < 1.29 is 9.47 Å². The molecule has 132 valence electrons. The van der Waals surface area contributed by atoms with Gasteiger partial charge < -0.3 is 14.8 Å². The van der Waals surface area contributed by atoms with Gasteiger partial charge in [-0.05, 0) is 53.3 Å². The van der Waals surface area contributed by atoms with Crippen molar-refractivity contribution in [2.45, 2.75) is 25.9 Å². The first-order chi connectivity index (χ1) is 12.2. The summed E-state index contributed by atoms with van der Waals surface area (Å²) in [4.78, 5) is 0. The lowest BCUT2D eigenvalue weighted by Gasteiger charge is -2.13. The largest absolute Gasteiger partial charge is 0.497 e. The van der Waals surface area contributed by atoms with E-state index in [4.69, 9.17) is 9.47 Å². The summed E-state index contributed by atoms with van der Waals surface area (Å²) < 4.78 is 11.0. The highest BCUT2D eigenvalue weighted by atomic mass is 16.5. The van der Waals surface area contributed by atoms with Gasteiger partial charge in [0.1, 0.15) is 5.75 Å². The molecular weight excluding hydrogens is 310 g/mol. The molecule has 0 aliphatic carbocycles. The zero-order valence-electron chi connectivity index (χ0n) is 15.1. The molecular formula is C22H27NO2. The summed E-state index contributed by atoms with van der Waals surface area (Å²) in [6, 6.07) is 16.4. The fraction of sp³-hybridized carbons (Fsp3) is 0.364. The number of anilines is 1. The Morgan fingerprint density at radius 2 is 1.76 bits per heavy atom. The smallest absolute Gasteiger partial charge is 0.118 e. The van der Waals surface area contributed by atoms with Gasteiger partial charge in [-0.2, -0.15) is 0 Å². The van der Waals surface area contributed by atoms with E-state index in [9.17, 15) is 0 Å². The zero-order chi connectivity index (χ0) is 17.6. The average molecular weight is 337 g/mol. The van der Waals surface area contributed by atoms with Crippen LogP contribution >= 0.6 is 0 Å². The summed E-state index contributed by atoms with van der Waals surface area (Å²) in [5.74, 6) is 1.58. The third kappa shape index (κ3) is 4.43. The highest BCUT2D eigenvalue weighted by Gasteiger charge is 2.23. The van der Waals surface area contributed by atoms with E-state index >= 15 is 0 Å². The number of hydrogen-bond acceptors (Lipinski definition) is 3. The van der Waals surface area contributed by atoms with Crippen LogP contribution in [0, 0.1) is 5.92 Å². The van der Waals surface area contributed by atoms with Crippen LogP contribution in [-0.4, -0.2) is 26.4 Å². The first-order valence-electron chi connectivity index (χ1n) is 8.98. The van der Waals surface area contributed by atoms with Gasteiger partial charge in [-0.25, -0.2) is 0 Å². The molecule has 2 unspecified atom stereocenters. The second-order valence-electron chi connectivity index (χ2n) is 6.63. The van der Waals surface area contributed by atoms with Crippen LogP contribution < -0.4 is 10.1 Å². The van der Waals surface area contributed by atoms with E-state index in [1.54, 1.807) is 7.11 Å². The van der Waals surface area contributed by atoms with Gasteiger partial charge in [0.15, 0.2) is 0 Å². The monoisotopic (exact) mass is 337 g/mol. The molecule has 2 aromatic carbocycles. The minimum absolute atomic E-state index is 0.332. The van der Waals surface area contributed by atoms with Crippen LogP contribution in [0.15, 0.2) is 55.1 Å². The van der Waals surface area contributed by atoms with Crippen molar-refractivity contribution in [3.63, 3.8) is 0 Å². The Kier molecular flexibility index (Phi) is 5.77. The van der Waals surface area contributed by atoms with Crippen molar-refractivity contribution in [3.8, 4) is 5.75 Å². The molecule has 3 nitrogen and oxygen atoms in total. The molecule has 1 aliphatic heterocycles. The Labute approximate surface area is 150 Å². The quantitative estimate of drug-likeness (QED) is 0.772. The fourth-order valence-electron chi connectivity index (χ4n) is 3.19. The van der Waals surface area contributed by atoms with Gasteiger partial charge in [0, 0.05) is 18.8 Å². The van der Waals surface area contributed by atoms with Crippen LogP contribution in [-0.2, 0) is 4.74 Å². The van der Waals surface area contributed by atoms with E-state index in [0.29, 0.717) is 6.10 Å². The molecule has 0 spiro atoms. The minimum atomic E-state index is 0.332. The van der Waals surface area contributed by atoms with Gasteiger partial charge in [0.2, 0.25) is 0 Å². The summed E-state index contributed by atoms with van der Waals surface area (Å²) >= 11 is 0. The molecule has 3 rings (SSSR count). The molecule has 1 fully saturated rings. The predicted octanol–water partition coefficient (Wildman–Crippen LogP) is 4.98. The lowest BCUT2D eigenvalue weighted by molar-refractivity contribution is 0.115. The summed E-state index contributed by atoms with van der Waals surface area (Å²) in [7, 11) is 1.68. The third-order valence-corrected chi connectivity index (χ3v) is 4.95. The van der Waals surface area contributed by atoms with Gasteiger partial charge in [-0.3, -0.25) is 0 Å². The molecule has 0 bridgehead atoms. The lowest BCUT2D eigenvalue weighted by Crippen LogP contribution is -2.18. The molecule has 0 aromatic heterocycles. The van der Waals surface area contributed by atoms with E-state index in [2.05, 4.69) is 43.1 Å². The van der Waals surface area contributed by atoms with E-state index in [1.165, 1.54) is 6.42 Å². The van der Waals surface area contributed by atoms with E-state index in [0.717, 1.165) is 53.6 Å². The molecule has 1 heterocycles. The molecule has 0 saturated carbocycles. The molecule has 2 aromatic rings. The van der Waals surface area contributed by atoms with Gasteiger partial charge in [-0.15, -0.1) is 0 Å². The number of rotatable bonds is 7. The number of hydrogen-bond donors (Lipinski definition) is 1. The summed E-state index contributed by atoms with van der Waals surface area (Å²) in [6.07, 6.45) is 2.70. The Balaban J connectivity index is 1.57. The number of methoxy groups -OCH3 is 1. The first kappa shape index (κ1) is 17.6. The maximum absolute atomic E-state index is 5.83. The summed E-state index contributed by atoms with van der Waals surface area (Å²) in [6.45, 7) is 8.24. The van der Waals surface area contributed by atoms with Gasteiger partial charge in [0.25, 0.3) is 0 Å². The molecule has 1 aliphatic rings. The van der Waals surface area contributed by atoms with Crippen LogP contribution in [0.3, 0.4) is 0 Å². The third-order valence-electron chi connectivity index (χ3n) is 4.95. The van der Waals surface area contributed by atoms with Gasteiger partial charge >= 0.3 is 0 Å². The van der Waals surface area contributed by atoms with Crippen molar-refractivity contribution in [2.24, 2.45) is 5.92 Å². The normalized spacial score (nSPS) is 19.6. The molecule has 0 radical (unpaired) electrons. The second-order valence-corrected chi connectivity index (χ2v) is 6.63. The van der Waals surface area contributed by atoms with Crippen LogP contribution in [0.4, 0.5) is 5.69 Å².